The van der Waals surface area contributed by atoms with Gasteiger partial charge in [0.2, 0.25) is 5.91 Å². The van der Waals surface area contributed by atoms with E-state index in [1.54, 1.807) is 6.07 Å². The molecule has 6 nitrogen and oxygen atoms in total. The van der Waals surface area contributed by atoms with Crippen molar-refractivity contribution in [3.05, 3.63) is 59.9 Å². The molecule has 44 heavy (non-hydrogen) atoms. The van der Waals surface area contributed by atoms with Crippen molar-refractivity contribution < 1.29 is 27.9 Å². The highest BCUT2D eigenvalue weighted by molar-refractivity contribution is 7.97. The summed E-state index contributed by atoms with van der Waals surface area (Å²) in [5.41, 5.74) is 0.152. The Morgan fingerprint density at radius 3 is 2.55 bits per heavy atom. The SMILES string of the molecule is C=C=O.CCc1c(F)cccc1-c1cc(C(C)(C)C(=O)NSC)ccc1O[C@@H]1CC[C@@H](CC(=O)[C@@]2(F)CNC3(CCC3)C2)C1. The highest BCUT2D eigenvalue weighted by Gasteiger charge is 2.55. The largest absolute Gasteiger partial charge is 0.490 e. The Morgan fingerprint density at radius 2 is 1.93 bits per heavy atom. The van der Waals surface area contributed by atoms with Gasteiger partial charge in [0, 0.05) is 36.7 Å². The van der Waals surface area contributed by atoms with Gasteiger partial charge < -0.3 is 10.1 Å². The van der Waals surface area contributed by atoms with Crippen molar-refractivity contribution >= 4 is 29.6 Å². The van der Waals surface area contributed by atoms with Crippen molar-refractivity contribution in [1.29, 1.82) is 0 Å². The van der Waals surface area contributed by atoms with E-state index in [2.05, 4.69) is 16.6 Å². The number of ketones is 1. The van der Waals surface area contributed by atoms with Gasteiger partial charge in [-0.15, -0.1) is 0 Å². The number of nitrogens with one attached hydrogen (secondary N) is 2. The molecule has 1 amide bonds. The van der Waals surface area contributed by atoms with E-state index in [0.29, 0.717) is 30.6 Å². The molecule has 0 unspecified atom stereocenters. The summed E-state index contributed by atoms with van der Waals surface area (Å²) >= 11 is 1.26. The zero-order valence-electron chi connectivity index (χ0n) is 26.2. The number of hydrogen-bond donors (Lipinski definition) is 2. The molecule has 2 aromatic carbocycles. The molecule has 3 aliphatic rings. The maximum atomic E-state index is 15.6. The van der Waals surface area contributed by atoms with Crippen LogP contribution in [0.5, 0.6) is 5.75 Å². The molecule has 2 N–H and O–H groups in total. The van der Waals surface area contributed by atoms with E-state index < -0.39 is 11.1 Å². The fraction of sp³-hybridized carbons (Fsp3) is 0.543. The maximum Gasteiger partial charge on any atom is 0.239 e. The fourth-order valence-electron chi connectivity index (χ4n) is 6.84. The molecular formula is C35H44F2N2O4S. The molecule has 2 aromatic rings. The quantitative estimate of drug-likeness (QED) is 0.221. The third-order valence-electron chi connectivity index (χ3n) is 9.66. The van der Waals surface area contributed by atoms with Crippen LogP contribution >= 0.6 is 11.9 Å². The van der Waals surface area contributed by atoms with Crippen molar-refractivity contribution in [3.8, 4) is 16.9 Å². The molecule has 0 radical (unpaired) electrons. The molecule has 3 fully saturated rings. The van der Waals surface area contributed by atoms with Crippen LogP contribution in [0, 0.1) is 11.7 Å². The van der Waals surface area contributed by atoms with Gasteiger partial charge in [0.25, 0.3) is 0 Å². The van der Waals surface area contributed by atoms with E-state index in [4.69, 9.17) is 9.53 Å². The normalized spacial score (nSPS) is 23.7. The maximum absolute atomic E-state index is 15.6. The molecule has 0 bridgehead atoms. The highest BCUT2D eigenvalue weighted by atomic mass is 32.2. The van der Waals surface area contributed by atoms with Crippen LogP contribution in [-0.4, -0.2) is 47.7 Å². The van der Waals surface area contributed by atoms with Crippen LogP contribution in [0.3, 0.4) is 0 Å². The van der Waals surface area contributed by atoms with E-state index in [9.17, 15) is 14.0 Å². The van der Waals surface area contributed by atoms with Gasteiger partial charge in [0.1, 0.15) is 17.5 Å². The lowest BCUT2D eigenvalue weighted by Gasteiger charge is -2.38. The number of amides is 1. The number of alkyl halides is 1. The topological polar surface area (TPSA) is 84.5 Å². The molecular weight excluding hydrogens is 582 g/mol. The van der Waals surface area contributed by atoms with Crippen molar-refractivity contribution in [2.45, 2.75) is 101 Å². The lowest BCUT2D eigenvalue weighted by molar-refractivity contribution is -0.131. The summed E-state index contributed by atoms with van der Waals surface area (Å²) in [6.45, 7) is 8.47. The number of carbonyl (C=O) groups is 2. The van der Waals surface area contributed by atoms with Crippen LogP contribution in [0.2, 0.25) is 0 Å². The molecule has 5 rings (SSSR count). The Bertz CT molecular complexity index is 1400. The molecule has 1 heterocycles. The first-order chi connectivity index (χ1) is 20.9. The first-order valence-corrected chi connectivity index (χ1v) is 16.7. The molecule has 1 spiro atoms. The second-order valence-electron chi connectivity index (χ2n) is 12.9. The van der Waals surface area contributed by atoms with Crippen molar-refractivity contribution in [2.75, 3.05) is 12.8 Å². The number of Topliss-reactive ketones (excluding diaryl/α,β-unsaturated/α-hetero) is 1. The van der Waals surface area contributed by atoms with Gasteiger partial charge >= 0.3 is 0 Å². The monoisotopic (exact) mass is 626 g/mol. The van der Waals surface area contributed by atoms with Crippen molar-refractivity contribution in [1.82, 2.24) is 10.0 Å². The Kier molecular flexibility index (Phi) is 10.8. The number of benzene rings is 2. The van der Waals surface area contributed by atoms with E-state index in [1.807, 2.05) is 51.3 Å². The van der Waals surface area contributed by atoms with Crippen LogP contribution in [0.25, 0.3) is 11.1 Å². The predicted octanol–water partition coefficient (Wildman–Crippen LogP) is 6.86. The summed E-state index contributed by atoms with van der Waals surface area (Å²) in [6.07, 6.45) is 7.99. The molecule has 2 aliphatic carbocycles. The first-order valence-electron chi connectivity index (χ1n) is 15.5. The smallest absolute Gasteiger partial charge is 0.239 e. The van der Waals surface area contributed by atoms with E-state index >= 15 is 4.39 Å². The summed E-state index contributed by atoms with van der Waals surface area (Å²) in [7, 11) is 0. The van der Waals surface area contributed by atoms with E-state index in [0.717, 1.165) is 48.8 Å². The number of halogens is 2. The van der Waals surface area contributed by atoms with E-state index in [1.165, 1.54) is 24.0 Å². The van der Waals surface area contributed by atoms with Gasteiger partial charge in [-0.1, -0.05) is 37.1 Å². The lowest BCUT2D eigenvalue weighted by atomic mass is 9.73. The minimum Gasteiger partial charge on any atom is -0.490 e. The summed E-state index contributed by atoms with van der Waals surface area (Å²) < 4.78 is 39.9. The molecule has 9 heteroatoms. The van der Waals surface area contributed by atoms with Gasteiger partial charge in [-0.25, -0.2) is 13.6 Å². The van der Waals surface area contributed by atoms with E-state index in [-0.39, 0.29) is 48.0 Å². The van der Waals surface area contributed by atoms with Gasteiger partial charge in [-0.2, -0.15) is 0 Å². The zero-order valence-corrected chi connectivity index (χ0v) is 27.0. The van der Waals surface area contributed by atoms with Crippen molar-refractivity contribution in [3.63, 3.8) is 0 Å². The van der Waals surface area contributed by atoms with Crippen molar-refractivity contribution in [2.24, 2.45) is 5.92 Å². The molecule has 2 saturated carbocycles. The van der Waals surface area contributed by atoms with Crippen LogP contribution < -0.4 is 14.8 Å². The molecule has 3 atom stereocenters. The second kappa shape index (κ2) is 14.0. The molecule has 1 aliphatic heterocycles. The molecule has 238 valence electrons. The number of rotatable bonds is 10. The van der Waals surface area contributed by atoms with Gasteiger partial charge in [-0.05, 0) is 106 Å². The van der Waals surface area contributed by atoms with Crippen LogP contribution in [0.4, 0.5) is 8.78 Å². The fourth-order valence-corrected chi connectivity index (χ4v) is 7.28. The Morgan fingerprint density at radius 1 is 1.20 bits per heavy atom. The standard InChI is InChI=1S/C33H42F2N2O3S.C2H2O/c1-5-24-25(8-6-9-27(24)34)26-18-22(31(2,3)30(39)37-41-4)11-13-28(26)40-23-12-10-21(16-23)17-29(38)33(35)19-32(36-20-33)14-7-15-32;1-2-3/h6,8-9,11,13,18,21,23,36H,5,7,10,12,14-17,19-20H2,1-4H3,(H,37,39);1H2/t21-,23-,33+;/m1./s1. The number of hydrogen-bond acceptors (Lipinski definition) is 6. The average molecular weight is 627 g/mol. The third-order valence-corrected chi connectivity index (χ3v) is 10.0. The summed E-state index contributed by atoms with van der Waals surface area (Å²) in [4.78, 5) is 34.5. The summed E-state index contributed by atoms with van der Waals surface area (Å²) in [6, 6.07) is 10.8. The van der Waals surface area contributed by atoms with Crippen LogP contribution in [-0.2, 0) is 26.2 Å². The highest BCUT2D eigenvalue weighted by Crippen LogP contribution is 2.46. The molecule has 0 aromatic heterocycles. The Balaban J connectivity index is 0.00000141. The predicted molar refractivity (Wildman–Crippen MR) is 172 cm³/mol. The second-order valence-corrected chi connectivity index (χ2v) is 13.5. The first kappa shape index (κ1) is 33.9. The van der Waals surface area contributed by atoms with Gasteiger partial charge in [0.05, 0.1) is 11.5 Å². The third kappa shape index (κ3) is 7.11. The zero-order chi connectivity index (χ0) is 32.1. The van der Waals surface area contributed by atoms with Gasteiger partial charge in [0.15, 0.2) is 11.5 Å². The minimum absolute atomic E-state index is 0.0790. The minimum atomic E-state index is -1.76. The Hall–Kier alpha value is -3.00. The van der Waals surface area contributed by atoms with Crippen LogP contribution in [0.15, 0.2) is 43.0 Å². The average Bonchev–Trinajstić information content (AvgIpc) is 3.58. The lowest BCUT2D eigenvalue weighted by Crippen LogP contribution is -2.46. The summed E-state index contributed by atoms with van der Waals surface area (Å²) in [5.74, 6) is 1.29. The Labute approximate surface area is 263 Å². The molecule has 1 saturated heterocycles. The summed E-state index contributed by atoms with van der Waals surface area (Å²) in [5, 5.41) is 3.30. The van der Waals surface area contributed by atoms with Gasteiger partial charge in [-0.3, -0.25) is 14.3 Å². The number of ether oxygens (including phenoxy) is 1. The van der Waals surface area contributed by atoms with Crippen LogP contribution in [0.1, 0.15) is 83.3 Å². The number of carbonyl (C=O) groups excluding carboxylic acids is 3.